The Morgan fingerprint density at radius 2 is 1.10 bits per heavy atom. The molecule has 5 aromatic rings. The normalized spacial score (nSPS) is 20.5. The van der Waals surface area contributed by atoms with Gasteiger partial charge in [0.1, 0.15) is 18.3 Å². The number of carbonyl (C=O) groups excluding carboxylic acids is 5. The standard InChI is InChI=1S/C48H34O33/c49-15-1-9(2-16(50)27(15)56)43(70)81-48-36(65)40-38(78-47(74)13(7-22(54)55)26-25-11(4-18(52)29(58)33(25)62)45(72)79-39(26)42(68)69)21(77-48)8-75-44(71)10-3-17(51)28(57)32(61)23(10)24-12(46(73)80-40)6-20(31(60)34(24)63)76-37-14(41(66)67)5-19(53)30(59)35(37)64/h1-7,21,26,36,38-40,48-53,56-65H,8H2,(H,54,55)(H,66,67)(H,68,69)/t21-,26+,36+,38-,39-,40-,48-/m1/s1. The van der Waals surface area contributed by atoms with Crippen LogP contribution >= 0.6 is 0 Å². The van der Waals surface area contributed by atoms with Gasteiger partial charge in [-0.1, -0.05) is 0 Å². The first kappa shape index (κ1) is 55.7. The summed E-state index contributed by atoms with van der Waals surface area (Å²) >= 11 is 0. The van der Waals surface area contributed by atoms with E-state index < -0.39 is 239 Å². The highest BCUT2D eigenvalue weighted by atomic mass is 16.7. The minimum atomic E-state index is -2.87. The average Bonchev–Trinajstić information content (AvgIpc) is 3.61. The third-order valence-corrected chi connectivity index (χ3v) is 12.3. The Hall–Kier alpha value is -11.5. The Bertz CT molecular complexity index is 3630. The molecular weight excluding hydrogens is 1100 g/mol. The smallest absolute Gasteiger partial charge is 0.346 e. The number of fused-ring (bicyclic) bond motifs is 6. The number of phenolic OH excluding ortho intramolecular Hbond substituents is 14. The van der Waals surface area contributed by atoms with Crippen LogP contribution in [-0.2, 0) is 42.8 Å². The van der Waals surface area contributed by atoms with E-state index in [1.807, 2.05) is 0 Å². The maximum Gasteiger partial charge on any atom is 0.346 e. The molecule has 0 unspecified atom stereocenters. The van der Waals surface area contributed by atoms with Crippen LogP contribution in [0.3, 0.4) is 0 Å². The molecule has 3 heterocycles. The van der Waals surface area contributed by atoms with Gasteiger partial charge in [-0.25, -0.2) is 38.4 Å². The highest BCUT2D eigenvalue weighted by molar-refractivity contribution is 6.09. The van der Waals surface area contributed by atoms with Crippen LogP contribution < -0.4 is 4.74 Å². The molecular formula is C48H34O33. The third kappa shape index (κ3) is 9.62. The molecule has 0 aromatic heterocycles. The maximum atomic E-state index is 15.0. The van der Waals surface area contributed by atoms with Crippen LogP contribution in [0.1, 0.15) is 63.3 Å². The number of hydrogen-bond donors (Lipinski definition) is 18. The zero-order valence-electron chi connectivity index (χ0n) is 39.5. The summed E-state index contributed by atoms with van der Waals surface area (Å²) < 4.78 is 37.7. The van der Waals surface area contributed by atoms with Crippen molar-refractivity contribution >= 4 is 47.8 Å². The second kappa shape index (κ2) is 20.5. The lowest BCUT2D eigenvalue weighted by Crippen LogP contribution is -2.62. The topological polar surface area (TPSA) is 565 Å². The van der Waals surface area contributed by atoms with E-state index >= 15 is 0 Å². The summed E-state index contributed by atoms with van der Waals surface area (Å²) in [7, 11) is 0. The van der Waals surface area contributed by atoms with Gasteiger partial charge in [0.15, 0.2) is 81.6 Å². The predicted molar refractivity (Wildman–Crippen MR) is 246 cm³/mol. The largest absolute Gasteiger partial charge is 0.504 e. The SMILES string of the molecule is O=C(O)C=C(C(=O)O[C@H]1[C@@H]2OC(=O)c3cc(Oc4c(C(=O)O)cc(O)c(O)c4O)c(O)c(O)c3-c3c(cc(O)c(O)c3O)C(=O)OC[C@H]1O[C@H](OC(=O)c1cc(O)c(O)c(O)c1)[C@H]2O)[C@H]1c2c(cc(O)c(O)c2O)C(=O)O[C@H]1C(=O)O. The second-order valence-corrected chi connectivity index (χ2v) is 17.2. The first-order valence-corrected chi connectivity index (χ1v) is 22.1. The van der Waals surface area contributed by atoms with Gasteiger partial charge in [-0.05, 0) is 24.3 Å². The molecule has 0 aliphatic carbocycles. The van der Waals surface area contributed by atoms with Crippen LogP contribution in [-0.4, -0.2) is 183 Å². The molecule has 33 heteroatoms. The van der Waals surface area contributed by atoms with Crippen molar-refractivity contribution in [2.24, 2.45) is 0 Å². The molecule has 0 spiro atoms. The van der Waals surface area contributed by atoms with Crippen LogP contribution in [0.2, 0.25) is 0 Å². The minimum Gasteiger partial charge on any atom is -0.504 e. The Labute approximate surface area is 444 Å². The average molecular weight is 1140 g/mol. The number of aliphatic carboxylic acids is 2. The number of aliphatic hydroxyl groups is 1. The number of aliphatic hydroxyl groups excluding tert-OH is 1. The van der Waals surface area contributed by atoms with Gasteiger partial charge in [0, 0.05) is 34.9 Å². The van der Waals surface area contributed by atoms with Crippen molar-refractivity contribution in [2.45, 2.75) is 42.7 Å². The summed E-state index contributed by atoms with van der Waals surface area (Å²) in [6.07, 6.45) is -16.4. The lowest BCUT2D eigenvalue weighted by atomic mass is 9.80. The van der Waals surface area contributed by atoms with E-state index in [1.54, 1.807) is 0 Å². The molecule has 7 atom stereocenters. The first-order valence-electron chi connectivity index (χ1n) is 22.1. The molecule has 0 radical (unpaired) electrons. The highest BCUT2D eigenvalue weighted by Gasteiger charge is 2.55. The van der Waals surface area contributed by atoms with Gasteiger partial charge in [-0.3, -0.25) is 0 Å². The van der Waals surface area contributed by atoms with Crippen molar-refractivity contribution in [3.05, 3.63) is 81.4 Å². The van der Waals surface area contributed by atoms with Crippen LogP contribution in [0, 0.1) is 0 Å². The number of carboxylic acid groups (broad SMARTS) is 3. The van der Waals surface area contributed by atoms with Gasteiger partial charge < -0.3 is 125 Å². The Kier molecular flexibility index (Phi) is 14.1. The zero-order valence-corrected chi connectivity index (χ0v) is 39.5. The number of aromatic hydroxyl groups is 14. The van der Waals surface area contributed by atoms with Gasteiger partial charge >= 0.3 is 47.8 Å². The fraction of sp³-hybridized carbons (Fsp3) is 0.167. The number of cyclic esters (lactones) is 2. The lowest BCUT2D eigenvalue weighted by molar-refractivity contribution is -0.287. The van der Waals surface area contributed by atoms with E-state index in [9.17, 15) is 130 Å². The molecule has 5 aromatic carbocycles. The molecule has 0 amide bonds. The third-order valence-electron chi connectivity index (χ3n) is 12.3. The number of benzene rings is 5. The molecule has 424 valence electrons. The van der Waals surface area contributed by atoms with E-state index in [0.29, 0.717) is 30.3 Å². The molecule has 33 nitrogen and oxygen atoms in total. The van der Waals surface area contributed by atoms with Crippen molar-refractivity contribution in [1.82, 2.24) is 0 Å². The number of phenols is 14. The minimum absolute atomic E-state index is 0.101. The molecule has 1 saturated heterocycles. The molecule has 3 aliphatic heterocycles. The van der Waals surface area contributed by atoms with Crippen molar-refractivity contribution in [3.8, 4) is 103 Å². The summed E-state index contributed by atoms with van der Waals surface area (Å²) in [4.78, 5) is 108. The van der Waals surface area contributed by atoms with Crippen molar-refractivity contribution in [2.75, 3.05) is 6.61 Å². The van der Waals surface area contributed by atoms with Gasteiger partial charge in [0.2, 0.25) is 41.1 Å². The maximum absolute atomic E-state index is 15.0. The molecule has 81 heavy (non-hydrogen) atoms. The van der Waals surface area contributed by atoms with Crippen LogP contribution in [0.15, 0.2) is 48.0 Å². The Balaban J connectivity index is 1.35. The van der Waals surface area contributed by atoms with Crippen molar-refractivity contribution < 1.29 is 163 Å². The summed E-state index contributed by atoms with van der Waals surface area (Å²) in [5.74, 6) is -41.1. The number of aromatic carboxylic acids is 1. The van der Waals surface area contributed by atoms with Crippen LogP contribution in [0.25, 0.3) is 11.1 Å². The highest BCUT2D eigenvalue weighted by Crippen LogP contribution is 2.56. The van der Waals surface area contributed by atoms with Gasteiger partial charge in [-0.2, -0.15) is 0 Å². The fourth-order valence-corrected chi connectivity index (χ4v) is 8.56. The monoisotopic (exact) mass is 1140 g/mol. The zero-order chi connectivity index (χ0) is 59.7. The van der Waals surface area contributed by atoms with E-state index in [4.69, 9.17) is 33.2 Å². The predicted octanol–water partition coefficient (Wildman–Crippen LogP) is 0.691. The Morgan fingerprint density at radius 1 is 0.568 bits per heavy atom. The molecule has 2 bridgehead atoms. The van der Waals surface area contributed by atoms with Crippen LogP contribution in [0.4, 0.5) is 0 Å². The number of ether oxygens (including phenoxy) is 7. The van der Waals surface area contributed by atoms with E-state index in [-0.39, 0.29) is 12.1 Å². The number of esters is 5. The van der Waals surface area contributed by atoms with Gasteiger partial charge in [0.25, 0.3) is 0 Å². The van der Waals surface area contributed by atoms with Gasteiger partial charge in [-0.15, -0.1) is 0 Å². The Morgan fingerprint density at radius 3 is 1.69 bits per heavy atom. The quantitative estimate of drug-likeness (QED) is 0.0396. The van der Waals surface area contributed by atoms with Crippen LogP contribution in [0.5, 0.6) is 92.0 Å². The molecule has 3 aliphatic rings. The number of rotatable bonds is 10. The van der Waals surface area contributed by atoms with Crippen molar-refractivity contribution in [1.29, 1.82) is 0 Å². The molecule has 1 fully saturated rings. The fourth-order valence-electron chi connectivity index (χ4n) is 8.56. The summed E-state index contributed by atoms with van der Waals surface area (Å²) in [5.41, 5.74) is -10.9. The number of hydrogen-bond acceptors (Lipinski definition) is 30. The summed E-state index contributed by atoms with van der Waals surface area (Å²) in [5, 5.41) is 190. The summed E-state index contributed by atoms with van der Waals surface area (Å²) in [6, 6.07) is 2.25. The molecule has 0 saturated carbocycles. The first-order chi connectivity index (χ1) is 37.9. The molecule has 8 rings (SSSR count). The van der Waals surface area contributed by atoms with Crippen molar-refractivity contribution in [3.63, 3.8) is 0 Å². The van der Waals surface area contributed by atoms with E-state index in [1.165, 1.54) is 0 Å². The second-order valence-electron chi connectivity index (χ2n) is 17.2. The van der Waals surface area contributed by atoms with Gasteiger partial charge in [0.05, 0.1) is 33.7 Å². The van der Waals surface area contributed by atoms with E-state index in [2.05, 4.69) is 0 Å². The number of carbonyl (C=O) groups is 8. The molecule has 18 N–H and O–H groups in total. The summed E-state index contributed by atoms with van der Waals surface area (Å²) in [6.45, 7) is -1.49. The lowest BCUT2D eigenvalue weighted by Gasteiger charge is -2.43. The van der Waals surface area contributed by atoms with E-state index in [0.717, 1.165) is 0 Å². The number of carboxylic acids is 3.